The summed E-state index contributed by atoms with van der Waals surface area (Å²) in [5, 5.41) is 3.65. The lowest BCUT2D eigenvalue weighted by Gasteiger charge is -2.16. The highest BCUT2D eigenvalue weighted by Crippen LogP contribution is 2.25. The third-order valence-electron chi connectivity index (χ3n) is 4.59. The molecule has 7 nitrogen and oxygen atoms in total. The van der Waals surface area contributed by atoms with Gasteiger partial charge in [-0.15, -0.1) is 0 Å². The fourth-order valence-corrected chi connectivity index (χ4v) is 3.15. The molecule has 2 N–H and O–H groups in total. The van der Waals surface area contributed by atoms with Gasteiger partial charge < -0.3 is 19.6 Å². The van der Waals surface area contributed by atoms with Crippen LogP contribution in [-0.4, -0.2) is 21.6 Å². The number of aromatic nitrogens is 3. The Hall–Kier alpha value is -4.08. The van der Waals surface area contributed by atoms with Crippen LogP contribution in [0.1, 0.15) is 5.56 Å². The first kappa shape index (κ1) is 20.2. The number of aromatic amines is 1. The number of methoxy groups -OCH3 is 1. The second kappa shape index (κ2) is 7.98. The van der Waals surface area contributed by atoms with Crippen LogP contribution in [0, 0.1) is 17.5 Å². The summed E-state index contributed by atoms with van der Waals surface area (Å²) >= 11 is 0. The Morgan fingerprint density at radius 1 is 1.10 bits per heavy atom. The van der Waals surface area contributed by atoms with E-state index in [1.165, 1.54) is 23.9 Å². The molecule has 158 valence electrons. The molecule has 0 radical (unpaired) electrons. The predicted molar refractivity (Wildman–Crippen MR) is 108 cm³/mol. The van der Waals surface area contributed by atoms with Crippen LogP contribution in [0.3, 0.4) is 0 Å². The Kier molecular flexibility index (Phi) is 5.20. The van der Waals surface area contributed by atoms with E-state index in [4.69, 9.17) is 4.74 Å². The van der Waals surface area contributed by atoms with Gasteiger partial charge in [-0.05, 0) is 35.9 Å². The molecule has 2 aromatic heterocycles. The van der Waals surface area contributed by atoms with Crippen molar-refractivity contribution in [1.82, 2.24) is 14.5 Å². The van der Waals surface area contributed by atoms with Gasteiger partial charge in [-0.2, -0.15) is 4.98 Å². The summed E-state index contributed by atoms with van der Waals surface area (Å²) in [6.07, 6.45) is 1.32. The molecule has 0 aliphatic heterocycles. The largest absolute Gasteiger partial charge is 0.490 e. The zero-order valence-electron chi connectivity index (χ0n) is 16.1. The molecule has 0 aliphatic rings. The van der Waals surface area contributed by atoms with Crippen molar-refractivity contribution in [3.63, 3.8) is 0 Å². The molecule has 0 atom stereocenters. The summed E-state index contributed by atoms with van der Waals surface area (Å²) in [4.78, 5) is 30.4. The van der Waals surface area contributed by atoms with E-state index in [-0.39, 0.29) is 29.4 Å². The van der Waals surface area contributed by atoms with Crippen molar-refractivity contribution < 1.29 is 17.9 Å². The Balaban J connectivity index is 1.80. The lowest BCUT2D eigenvalue weighted by molar-refractivity contribution is 0.402. The summed E-state index contributed by atoms with van der Waals surface area (Å²) in [6, 6.07) is 9.78. The van der Waals surface area contributed by atoms with Gasteiger partial charge in [-0.1, -0.05) is 6.07 Å². The highest BCUT2D eigenvalue weighted by atomic mass is 19.2. The first-order valence-electron chi connectivity index (χ1n) is 9.03. The number of ether oxygens (including phenoxy) is 1. The van der Waals surface area contributed by atoms with E-state index in [0.29, 0.717) is 16.6 Å². The minimum atomic E-state index is -1.57. The maximum Gasteiger partial charge on any atom is 0.316 e. The van der Waals surface area contributed by atoms with E-state index in [9.17, 15) is 22.8 Å². The quantitative estimate of drug-likeness (QED) is 0.476. The first-order valence-corrected chi connectivity index (χ1v) is 9.03. The van der Waals surface area contributed by atoms with E-state index in [0.717, 1.165) is 12.1 Å². The van der Waals surface area contributed by atoms with Crippen LogP contribution in [0.2, 0.25) is 0 Å². The molecule has 4 rings (SSSR count). The number of nitrogens with one attached hydrogen (secondary N) is 2. The maximum absolute atomic E-state index is 13.6. The van der Waals surface area contributed by atoms with Crippen LogP contribution in [0.15, 0.2) is 58.3 Å². The van der Waals surface area contributed by atoms with Crippen molar-refractivity contribution >= 4 is 22.5 Å². The Bertz CT molecular complexity index is 1390. The molecule has 0 bridgehead atoms. The van der Waals surface area contributed by atoms with Gasteiger partial charge >= 0.3 is 5.56 Å². The molecule has 2 aromatic carbocycles. The summed E-state index contributed by atoms with van der Waals surface area (Å²) < 4.78 is 47.0. The smallest absolute Gasteiger partial charge is 0.316 e. The van der Waals surface area contributed by atoms with E-state index in [2.05, 4.69) is 15.3 Å². The minimum Gasteiger partial charge on any atom is -0.490 e. The van der Waals surface area contributed by atoms with Crippen LogP contribution in [-0.2, 0) is 6.54 Å². The number of hydrogen-bond acceptors (Lipinski definition) is 5. The molecule has 0 unspecified atom stereocenters. The van der Waals surface area contributed by atoms with Gasteiger partial charge in [0, 0.05) is 11.5 Å². The van der Waals surface area contributed by atoms with Gasteiger partial charge in [0.1, 0.15) is 0 Å². The molecule has 2 heterocycles. The SMILES string of the molecule is COc1cn(Cc2cc(F)c(F)c(F)c2)c(Nc2cccc3[nH]c(=O)ccc23)nc1=O. The summed E-state index contributed by atoms with van der Waals surface area (Å²) in [7, 11) is 1.29. The average Bonchev–Trinajstić information content (AvgIpc) is 2.73. The molecule has 0 saturated carbocycles. The van der Waals surface area contributed by atoms with Gasteiger partial charge in [-0.3, -0.25) is 9.59 Å². The third kappa shape index (κ3) is 4.00. The third-order valence-corrected chi connectivity index (χ3v) is 4.59. The lowest BCUT2D eigenvalue weighted by atomic mass is 10.2. The van der Waals surface area contributed by atoms with Gasteiger partial charge in [0.25, 0.3) is 0 Å². The fraction of sp³-hybridized carbons (Fsp3) is 0.0952. The van der Waals surface area contributed by atoms with Crippen LogP contribution in [0.4, 0.5) is 24.8 Å². The summed E-state index contributed by atoms with van der Waals surface area (Å²) in [5.41, 5.74) is 0.253. The van der Waals surface area contributed by atoms with Crippen molar-refractivity contribution in [3.05, 3.63) is 92.4 Å². The molecule has 10 heteroatoms. The van der Waals surface area contributed by atoms with E-state index < -0.39 is 23.0 Å². The van der Waals surface area contributed by atoms with Crippen molar-refractivity contribution in [2.24, 2.45) is 0 Å². The van der Waals surface area contributed by atoms with Crippen molar-refractivity contribution in [1.29, 1.82) is 0 Å². The molecular weight excluding hydrogens is 413 g/mol. The van der Waals surface area contributed by atoms with E-state index in [1.54, 1.807) is 24.3 Å². The van der Waals surface area contributed by atoms with Gasteiger partial charge in [0.2, 0.25) is 17.3 Å². The number of halogens is 3. The van der Waals surface area contributed by atoms with E-state index >= 15 is 0 Å². The normalized spacial score (nSPS) is 11.0. The average molecular weight is 428 g/mol. The predicted octanol–water partition coefficient (Wildman–Crippen LogP) is 3.30. The highest BCUT2D eigenvalue weighted by molar-refractivity contribution is 5.92. The number of anilines is 2. The zero-order valence-corrected chi connectivity index (χ0v) is 16.1. The maximum atomic E-state index is 13.6. The van der Waals surface area contributed by atoms with Crippen molar-refractivity contribution in [2.45, 2.75) is 6.54 Å². The van der Waals surface area contributed by atoms with Gasteiger partial charge in [0.15, 0.2) is 17.5 Å². The second-order valence-electron chi connectivity index (χ2n) is 6.65. The standard InChI is InChI=1S/C21H15F3N4O3/c1-31-17-10-28(9-11-7-13(22)19(24)14(23)8-11)21(27-20(17)30)26-16-4-2-3-15-12(16)5-6-18(29)25-15/h2-8,10H,9H2,1H3,(H,25,29)(H,26,27,30). The van der Waals surface area contributed by atoms with Gasteiger partial charge in [-0.25, -0.2) is 13.2 Å². The summed E-state index contributed by atoms with van der Waals surface area (Å²) in [6.45, 7) is -0.137. The number of nitrogens with zero attached hydrogens (tertiary/aromatic N) is 2. The highest BCUT2D eigenvalue weighted by Gasteiger charge is 2.15. The number of rotatable bonds is 5. The van der Waals surface area contributed by atoms with Crippen LogP contribution >= 0.6 is 0 Å². The fourth-order valence-electron chi connectivity index (χ4n) is 3.15. The van der Waals surface area contributed by atoms with Crippen molar-refractivity contribution in [3.8, 4) is 5.75 Å². The zero-order chi connectivity index (χ0) is 22.1. The molecule has 0 fully saturated rings. The van der Waals surface area contributed by atoms with E-state index in [1.807, 2.05) is 0 Å². The minimum absolute atomic E-state index is 0.0506. The van der Waals surface area contributed by atoms with Crippen LogP contribution < -0.4 is 21.2 Å². The molecule has 0 spiro atoms. The summed E-state index contributed by atoms with van der Waals surface area (Å²) in [5.74, 6) is -4.26. The number of H-pyrrole nitrogens is 1. The molecule has 31 heavy (non-hydrogen) atoms. The number of hydrogen-bond donors (Lipinski definition) is 2. The van der Waals surface area contributed by atoms with Crippen molar-refractivity contribution in [2.75, 3.05) is 12.4 Å². The first-order chi connectivity index (χ1) is 14.9. The molecule has 0 saturated heterocycles. The van der Waals surface area contributed by atoms with Gasteiger partial charge in [0.05, 0.1) is 31.1 Å². The Morgan fingerprint density at radius 2 is 1.84 bits per heavy atom. The molecule has 0 aliphatic carbocycles. The Morgan fingerprint density at radius 3 is 2.55 bits per heavy atom. The topological polar surface area (TPSA) is 89.0 Å². The number of pyridine rings is 1. The van der Waals surface area contributed by atoms with Crippen LogP contribution in [0.5, 0.6) is 5.75 Å². The molecule has 0 amide bonds. The number of fused-ring (bicyclic) bond motifs is 1. The van der Waals surface area contributed by atoms with Crippen LogP contribution in [0.25, 0.3) is 10.9 Å². The molecular formula is C21H15F3N4O3. The Labute approximate surface area is 172 Å². The monoisotopic (exact) mass is 428 g/mol. The lowest BCUT2D eigenvalue weighted by Crippen LogP contribution is -2.19. The molecule has 4 aromatic rings. The second-order valence-corrected chi connectivity index (χ2v) is 6.65. The number of benzene rings is 2.